The lowest BCUT2D eigenvalue weighted by Gasteiger charge is -2.22. The standard InChI is InChI=1S/C8H19NO3/c1-4-11-8(12-5-2)7(10)6-9-3/h7-10H,4-6H2,1-3H3. The highest BCUT2D eigenvalue weighted by Gasteiger charge is 2.18. The van der Waals surface area contributed by atoms with E-state index in [4.69, 9.17) is 9.47 Å². The fourth-order valence-corrected chi connectivity index (χ4v) is 0.904. The van der Waals surface area contributed by atoms with E-state index in [2.05, 4.69) is 5.32 Å². The van der Waals surface area contributed by atoms with Crippen molar-refractivity contribution in [2.24, 2.45) is 0 Å². The second-order valence-electron chi connectivity index (χ2n) is 2.40. The number of aliphatic hydroxyl groups is 1. The van der Waals surface area contributed by atoms with Gasteiger partial charge in [-0.3, -0.25) is 0 Å². The molecule has 0 saturated heterocycles. The quantitative estimate of drug-likeness (QED) is 0.536. The number of likely N-dealkylation sites (N-methyl/N-ethyl adjacent to an activating group) is 1. The SMILES string of the molecule is CCOC(OCC)C(O)CNC. The summed E-state index contributed by atoms with van der Waals surface area (Å²) in [7, 11) is 1.78. The summed E-state index contributed by atoms with van der Waals surface area (Å²) in [5.74, 6) is 0. The van der Waals surface area contributed by atoms with Crippen LogP contribution in [0.25, 0.3) is 0 Å². The van der Waals surface area contributed by atoms with E-state index in [1.807, 2.05) is 13.8 Å². The van der Waals surface area contributed by atoms with Crippen molar-refractivity contribution in [3.05, 3.63) is 0 Å². The first-order valence-electron chi connectivity index (χ1n) is 4.32. The number of rotatable bonds is 7. The molecule has 0 fully saturated rings. The third-order valence-corrected chi connectivity index (χ3v) is 1.39. The Kier molecular flexibility index (Phi) is 7.39. The van der Waals surface area contributed by atoms with Gasteiger partial charge in [-0.2, -0.15) is 0 Å². The van der Waals surface area contributed by atoms with Crippen LogP contribution in [0.2, 0.25) is 0 Å². The molecule has 0 aliphatic heterocycles. The minimum atomic E-state index is -0.602. The zero-order chi connectivity index (χ0) is 9.40. The lowest BCUT2D eigenvalue weighted by molar-refractivity contribution is -0.187. The molecule has 0 saturated carbocycles. The average molecular weight is 177 g/mol. The summed E-state index contributed by atoms with van der Waals surface area (Å²) in [5, 5.41) is 12.3. The molecule has 1 atom stereocenters. The van der Waals surface area contributed by atoms with E-state index in [1.165, 1.54) is 0 Å². The molecule has 0 rings (SSSR count). The predicted octanol–water partition coefficient (Wildman–Crippen LogP) is -0.0342. The molecule has 1 unspecified atom stereocenters. The van der Waals surface area contributed by atoms with Gasteiger partial charge in [0.1, 0.15) is 6.10 Å². The Morgan fingerprint density at radius 2 is 1.75 bits per heavy atom. The van der Waals surface area contributed by atoms with Crippen molar-refractivity contribution in [2.75, 3.05) is 26.8 Å². The van der Waals surface area contributed by atoms with Crippen molar-refractivity contribution in [1.29, 1.82) is 0 Å². The van der Waals surface area contributed by atoms with Crippen LogP contribution < -0.4 is 5.32 Å². The molecule has 74 valence electrons. The van der Waals surface area contributed by atoms with Crippen molar-refractivity contribution >= 4 is 0 Å². The molecule has 0 aliphatic carbocycles. The minimum Gasteiger partial charge on any atom is -0.386 e. The Hall–Kier alpha value is -0.160. The monoisotopic (exact) mass is 177 g/mol. The van der Waals surface area contributed by atoms with Gasteiger partial charge >= 0.3 is 0 Å². The minimum absolute atomic E-state index is 0.477. The van der Waals surface area contributed by atoms with Gasteiger partial charge in [0.15, 0.2) is 6.29 Å². The Bertz CT molecular complexity index is 94.3. The van der Waals surface area contributed by atoms with Gasteiger partial charge in [0.25, 0.3) is 0 Å². The van der Waals surface area contributed by atoms with E-state index in [0.29, 0.717) is 19.8 Å². The van der Waals surface area contributed by atoms with Gasteiger partial charge < -0.3 is 19.9 Å². The lowest BCUT2D eigenvalue weighted by atomic mass is 10.3. The van der Waals surface area contributed by atoms with E-state index in [0.717, 1.165) is 0 Å². The second-order valence-corrected chi connectivity index (χ2v) is 2.40. The summed E-state index contributed by atoms with van der Waals surface area (Å²) < 4.78 is 10.4. The maximum atomic E-state index is 9.46. The smallest absolute Gasteiger partial charge is 0.184 e. The van der Waals surface area contributed by atoms with E-state index in [9.17, 15) is 5.11 Å². The highest BCUT2D eigenvalue weighted by molar-refractivity contribution is 4.61. The molecule has 0 radical (unpaired) electrons. The summed E-state index contributed by atoms with van der Waals surface area (Å²) in [6.07, 6.45) is -1.11. The van der Waals surface area contributed by atoms with E-state index < -0.39 is 12.4 Å². The topological polar surface area (TPSA) is 50.7 Å². The van der Waals surface area contributed by atoms with Crippen LogP contribution in [0.4, 0.5) is 0 Å². The zero-order valence-electron chi connectivity index (χ0n) is 8.04. The van der Waals surface area contributed by atoms with Crippen molar-refractivity contribution < 1.29 is 14.6 Å². The van der Waals surface area contributed by atoms with Gasteiger partial charge in [-0.15, -0.1) is 0 Å². The largest absolute Gasteiger partial charge is 0.386 e. The molecule has 0 aromatic carbocycles. The number of ether oxygens (including phenoxy) is 2. The molecule has 0 bridgehead atoms. The molecule has 4 nitrogen and oxygen atoms in total. The molecule has 12 heavy (non-hydrogen) atoms. The number of hydrogen-bond acceptors (Lipinski definition) is 4. The fraction of sp³-hybridized carbons (Fsp3) is 1.00. The number of hydrogen-bond donors (Lipinski definition) is 2. The van der Waals surface area contributed by atoms with Gasteiger partial charge in [-0.1, -0.05) is 0 Å². The van der Waals surface area contributed by atoms with Crippen molar-refractivity contribution in [3.63, 3.8) is 0 Å². The summed E-state index contributed by atoms with van der Waals surface area (Å²) in [5.41, 5.74) is 0. The molecule has 0 spiro atoms. The summed E-state index contributed by atoms with van der Waals surface area (Å²) >= 11 is 0. The molecule has 0 amide bonds. The van der Waals surface area contributed by atoms with Crippen LogP contribution in [0.15, 0.2) is 0 Å². The Morgan fingerprint density at radius 3 is 2.08 bits per heavy atom. The molecular weight excluding hydrogens is 158 g/mol. The van der Waals surface area contributed by atoms with Crippen molar-refractivity contribution in [2.45, 2.75) is 26.2 Å². The fourth-order valence-electron chi connectivity index (χ4n) is 0.904. The van der Waals surface area contributed by atoms with Crippen LogP contribution in [0, 0.1) is 0 Å². The van der Waals surface area contributed by atoms with Gasteiger partial charge in [-0.05, 0) is 20.9 Å². The van der Waals surface area contributed by atoms with Crippen LogP contribution in [-0.4, -0.2) is 44.3 Å². The predicted molar refractivity (Wildman–Crippen MR) is 47.0 cm³/mol. The van der Waals surface area contributed by atoms with E-state index in [1.54, 1.807) is 7.05 Å². The zero-order valence-corrected chi connectivity index (χ0v) is 8.04. The third-order valence-electron chi connectivity index (χ3n) is 1.39. The maximum absolute atomic E-state index is 9.46. The van der Waals surface area contributed by atoms with Gasteiger partial charge in [-0.25, -0.2) is 0 Å². The molecule has 0 aromatic heterocycles. The first-order chi connectivity index (χ1) is 5.76. The van der Waals surface area contributed by atoms with Crippen molar-refractivity contribution in [1.82, 2.24) is 5.32 Å². The Balaban J connectivity index is 3.72. The molecule has 0 heterocycles. The third kappa shape index (κ3) is 4.66. The first-order valence-corrected chi connectivity index (χ1v) is 4.32. The second kappa shape index (κ2) is 7.49. The van der Waals surface area contributed by atoms with Crippen LogP contribution in [-0.2, 0) is 9.47 Å². The van der Waals surface area contributed by atoms with Gasteiger partial charge in [0, 0.05) is 19.8 Å². The first kappa shape index (κ1) is 11.8. The van der Waals surface area contributed by atoms with E-state index in [-0.39, 0.29) is 0 Å². The summed E-state index contributed by atoms with van der Waals surface area (Å²) in [4.78, 5) is 0. The van der Waals surface area contributed by atoms with Crippen LogP contribution in [0.1, 0.15) is 13.8 Å². The average Bonchev–Trinajstić information content (AvgIpc) is 2.04. The molecular formula is C8H19NO3. The molecule has 2 N–H and O–H groups in total. The van der Waals surface area contributed by atoms with Gasteiger partial charge in [0.05, 0.1) is 0 Å². The van der Waals surface area contributed by atoms with E-state index >= 15 is 0 Å². The number of aliphatic hydroxyl groups excluding tert-OH is 1. The van der Waals surface area contributed by atoms with Crippen LogP contribution in [0.3, 0.4) is 0 Å². The highest BCUT2D eigenvalue weighted by Crippen LogP contribution is 2.00. The molecule has 0 aliphatic rings. The number of nitrogens with one attached hydrogen (secondary N) is 1. The summed E-state index contributed by atoms with van der Waals surface area (Å²) in [6.45, 7) is 5.32. The lowest BCUT2D eigenvalue weighted by Crippen LogP contribution is -2.38. The highest BCUT2D eigenvalue weighted by atomic mass is 16.7. The Morgan fingerprint density at radius 1 is 1.25 bits per heavy atom. The van der Waals surface area contributed by atoms with Gasteiger partial charge in [0.2, 0.25) is 0 Å². The summed E-state index contributed by atoms with van der Waals surface area (Å²) in [6, 6.07) is 0. The maximum Gasteiger partial charge on any atom is 0.184 e. The normalized spacial score (nSPS) is 13.8. The van der Waals surface area contributed by atoms with Crippen molar-refractivity contribution in [3.8, 4) is 0 Å². The molecule has 0 aromatic rings. The van der Waals surface area contributed by atoms with Crippen LogP contribution >= 0.6 is 0 Å². The Labute approximate surface area is 73.9 Å². The molecule has 4 heteroatoms. The van der Waals surface area contributed by atoms with Crippen LogP contribution in [0.5, 0.6) is 0 Å².